The first-order valence-corrected chi connectivity index (χ1v) is 44.8. The zero-order valence-corrected chi connectivity index (χ0v) is 72.2. The van der Waals surface area contributed by atoms with E-state index in [1.165, 1.54) is 143 Å². The van der Waals surface area contributed by atoms with E-state index in [1.54, 1.807) is 0 Å². The smallest absolute Gasteiger partial charge is 0.0973 e. The summed E-state index contributed by atoms with van der Waals surface area (Å²) >= 11 is 0. The molecule has 21 aromatic carbocycles. The second-order valence-electron chi connectivity index (χ2n) is 34.3. The van der Waals surface area contributed by atoms with Gasteiger partial charge in [0, 0.05) is 38.8 Å². The van der Waals surface area contributed by atoms with E-state index in [2.05, 4.69) is 414 Å². The number of aromatic nitrogens is 6. The molecule has 1 aliphatic carbocycles. The van der Waals surface area contributed by atoms with Crippen LogP contribution in [0, 0.1) is 0 Å². The Morgan fingerprint density at radius 2 is 0.382 bits per heavy atom. The maximum Gasteiger partial charge on any atom is 0.0973 e. The average Bonchev–Trinajstić information content (AvgIpc) is 1.45. The number of nitrogens with zero attached hydrogens (tertiary/aromatic N) is 6. The number of fused-ring (bicyclic) bond motifs is 14. The Kier molecular flexibility index (Phi) is 20.2. The Labute approximate surface area is 760 Å². The summed E-state index contributed by atoms with van der Waals surface area (Å²) in [4.78, 5) is 31.1. The lowest BCUT2D eigenvalue weighted by Gasteiger charge is -2.22. The third-order valence-electron chi connectivity index (χ3n) is 26.0. The van der Waals surface area contributed by atoms with Gasteiger partial charge < -0.3 is 0 Å². The molecular weight excluding hydrogens is 1590 g/mol. The van der Waals surface area contributed by atoms with E-state index in [1.807, 2.05) is 72.8 Å². The quantitative estimate of drug-likeness (QED) is 0.113. The first kappa shape index (κ1) is 78.6. The average molecular weight is 1670 g/mol. The van der Waals surface area contributed by atoms with Crippen molar-refractivity contribution in [2.45, 2.75) is 19.3 Å². The zero-order chi connectivity index (χ0) is 87.3. The van der Waals surface area contributed by atoms with E-state index in [-0.39, 0.29) is 5.41 Å². The summed E-state index contributed by atoms with van der Waals surface area (Å²) in [7, 11) is 0. The van der Waals surface area contributed by atoms with Crippen LogP contribution in [0.3, 0.4) is 0 Å². The molecule has 0 atom stereocenters. The maximum absolute atomic E-state index is 5.22. The molecule has 0 radical (unpaired) electrons. The first-order valence-electron chi connectivity index (χ1n) is 44.8. The minimum absolute atomic E-state index is 0.0755. The Morgan fingerprint density at radius 1 is 0.137 bits per heavy atom. The van der Waals surface area contributed by atoms with Gasteiger partial charge in [-0.15, -0.1) is 0 Å². The molecule has 3 aromatic heterocycles. The number of hydrogen-bond donors (Lipinski definition) is 0. The molecule has 0 N–H and O–H groups in total. The highest BCUT2D eigenvalue weighted by Gasteiger charge is 2.36. The van der Waals surface area contributed by atoms with Crippen molar-refractivity contribution in [2.24, 2.45) is 0 Å². The Bertz CT molecular complexity index is 8320. The molecule has 614 valence electrons. The molecular formula is C125H84N6. The van der Waals surface area contributed by atoms with E-state index in [0.29, 0.717) is 0 Å². The Morgan fingerprint density at radius 3 is 0.763 bits per heavy atom. The third-order valence-corrected chi connectivity index (χ3v) is 26.0. The molecule has 0 bridgehead atoms. The monoisotopic (exact) mass is 1670 g/mol. The number of rotatable bonds is 12. The van der Waals surface area contributed by atoms with E-state index in [4.69, 9.17) is 29.9 Å². The molecule has 131 heavy (non-hydrogen) atoms. The van der Waals surface area contributed by atoms with Crippen molar-refractivity contribution >= 4 is 87.0 Å². The first-order chi connectivity index (χ1) is 64.6. The molecule has 0 saturated carbocycles. The molecule has 0 saturated heterocycles. The van der Waals surface area contributed by atoms with Gasteiger partial charge in [0.2, 0.25) is 0 Å². The van der Waals surface area contributed by atoms with Gasteiger partial charge in [-0.3, -0.25) is 0 Å². The van der Waals surface area contributed by atoms with Crippen LogP contribution in [0.2, 0.25) is 0 Å². The minimum atomic E-state index is -0.0755. The molecule has 1 aliphatic rings. The van der Waals surface area contributed by atoms with Gasteiger partial charge in [0.25, 0.3) is 0 Å². The Hall–Kier alpha value is -17.1. The van der Waals surface area contributed by atoms with Crippen molar-refractivity contribution in [1.29, 1.82) is 0 Å². The normalized spacial score (nSPS) is 12.0. The SMILES string of the molecule is CC1(C)c2ccccc2-c2ccc(-c3nc4ccccc4nc3-c3ccc(-c4ccc5ccccc5c4)cc3)cc21.c1ccc(-c2cccc(-c3ccc(-c4nc5ccccc5nc4-c4ccc(-c5cccc(-c6ccccc6)c5)cc4)cc3)c2)cc1.c1ccc2cc(-c3ccc(-c4nc5ccccc5nc4-c4ccc5c6ccccc6c6ccccc6c5c4)cc3)ccc2c1. The van der Waals surface area contributed by atoms with Crippen molar-refractivity contribution < 1.29 is 0 Å². The van der Waals surface area contributed by atoms with Crippen LogP contribution in [0.1, 0.15) is 25.0 Å². The number of hydrogen-bond acceptors (Lipinski definition) is 6. The predicted octanol–water partition coefficient (Wildman–Crippen LogP) is 33.0. The molecule has 24 aromatic rings. The summed E-state index contributed by atoms with van der Waals surface area (Å²) < 4.78 is 0. The second kappa shape index (κ2) is 33.7. The lowest BCUT2D eigenvalue weighted by Crippen LogP contribution is -2.15. The van der Waals surface area contributed by atoms with Crippen molar-refractivity contribution in [3.63, 3.8) is 0 Å². The molecule has 6 heteroatoms. The fourth-order valence-electron chi connectivity index (χ4n) is 19.2. The second-order valence-corrected chi connectivity index (χ2v) is 34.3. The summed E-state index contributed by atoms with van der Waals surface area (Å²) in [6, 6.07) is 168. The number of para-hydroxylation sites is 6. The molecule has 6 nitrogen and oxygen atoms in total. The van der Waals surface area contributed by atoms with E-state index < -0.39 is 0 Å². The van der Waals surface area contributed by atoms with Gasteiger partial charge in [-0.2, -0.15) is 0 Å². The fourth-order valence-corrected chi connectivity index (χ4v) is 19.2. The highest BCUT2D eigenvalue weighted by Crippen LogP contribution is 2.51. The summed E-state index contributed by atoms with van der Waals surface area (Å²) in [6.07, 6.45) is 0. The molecule has 0 fully saturated rings. The standard InChI is InChI=1S/C44H30N2.C42H26N2.C39H28N2/c1-3-11-31(12-4-1)37-15-9-17-39(29-37)33-21-25-35(26-22-33)43-44(46-42-20-8-7-19-41(42)45-43)36-27-23-34(24-28-36)40-18-10-16-38(30-40)32-13-5-2-6-14-32;1-2-10-30-25-31(22-19-27(30)9-1)28-17-20-29(21-18-28)41-42(44-40-16-8-7-15-39(40)43-41)32-23-24-37-35-13-4-3-11-33(35)34-12-5-6-14-36(34)38(37)26-32;1-39(2)33-12-6-5-11-31(33)32-22-21-30(24-34(32)39)38-37(40-35-13-7-8-14-36(35)41-38)27-18-15-26(16-19-27)29-20-17-25-9-3-4-10-28(25)23-29/h1-30H;1-26H;3-24H,1-2H3. The topological polar surface area (TPSA) is 77.3 Å². The lowest BCUT2D eigenvalue weighted by atomic mass is 9.81. The van der Waals surface area contributed by atoms with Crippen LogP contribution in [-0.4, -0.2) is 29.9 Å². The fraction of sp³-hybridized carbons (Fsp3) is 0.0240. The van der Waals surface area contributed by atoms with Crippen LogP contribution in [0.15, 0.2) is 473 Å². The summed E-state index contributed by atoms with van der Waals surface area (Å²) in [5.41, 5.74) is 36.6. The molecule has 0 amide bonds. The van der Waals surface area contributed by atoms with Crippen LogP contribution < -0.4 is 0 Å². The van der Waals surface area contributed by atoms with Crippen molar-refractivity contribution in [2.75, 3.05) is 0 Å². The van der Waals surface area contributed by atoms with Crippen molar-refractivity contribution in [3.05, 3.63) is 484 Å². The highest BCUT2D eigenvalue weighted by molar-refractivity contribution is 6.26. The molecule has 25 rings (SSSR count). The molecule has 0 spiro atoms. The third kappa shape index (κ3) is 15.1. The summed E-state index contributed by atoms with van der Waals surface area (Å²) in [6.45, 7) is 4.64. The van der Waals surface area contributed by atoms with Crippen LogP contribution >= 0.6 is 0 Å². The molecule has 3 heterocycles. The maximum atomic E-state index is 5.22. The molecule has 0 unspecified atom stereocenters. The lowest BCUT2D eigenvalue weighted by molar-refractivity contribution is 0.660. The van der Waals surface area contributed by atoms with Gasteiger partial charge in [-0.1, -0.05) is 414 Å². The minimum Gasteiger partial charge on any atom is -0.244 e. The van der Waals surface area contributed by atoms with Crippen LogP contribution in [0.4, 0.5) is 0 Å². The zero-order valence-electron chi connectivity index (χ0n) is 72.2. The van der Waals surface area contributed by atoms with Gasteiger partial charge in [0.05, 0.1) is 67.3 Å². The van der Waals surface area contributed by atoms with Gasteiger partial charge in [-0.25, -0.2) is 29.9 Å². The van der Waals surface area contributed by atoms with Crippen LogP contribution in [0.5, 0.6) is 0 Å². The molecule has 0 aliphatic heterocycles. The van der Waals surface area contributed by atoms with Crippen molar-refractivity contribution in [3.8, 4) is 145 Å². The van der Waals surface area contributed by atoms with E-state index >= 15 is 0 Å². The largest absolute Gasteiger partial charge is 0.244 e. The van der Waals surface area contributed by atoms with E-state index in [9.17, 15) is 0 Å². The van der Waals surface area contributed by atoms with Gasteiger partial charge in [0.1, 0.15) is 0 Å². The summed E-state index contributed by atoms with van der Waals surface area (Å²) in [5.74, 6) is 0. The van der Waals surface area contributed by atoms with Crippen LogP contribution in [-0.2, 0) is 5.41 Å². The Balaban J connectivity index is 0.000000112. The van der Waals surface area contributed by atoms with Crippen molar-refractivity contribution in [1.82, 2.24) is 29.9 Å². The summed E-state index contributed by atoms with van der Waals surface area (Å²) in [5, 5.41) is 12.5. The highest BCUT2D eigenvalue weighted by atomic mass is 14.9. The predicted molar refractivity (Wildman–Crippen MR) is 549 cm³/mol. The van der Waals surface area contributed by atoms with Gasteiger partial charge >= 0.3 is 0 Å². The van der Waals surface area contributed by atoms with Gasteiger partial charge in [0.15, 0.2) is 0 Å². The number of benzene rings is 21. The van der Waals surface area contributed by atoms with E-state index in [0.717, 1.165) is 101 Å². The van der Waals surface area contributed by atoms with Crippen LogP contribution in [0.25, 0.3) is 232 Å². The van der Waals surface area contributed by atoms with Gasteiger partial charge in [-0.05, 0) is 216 Å².